The number of rotatable bonds is 30. The fourth-order valence-corrected chi connectivity index (χ4v) is 9.85. The third-order valence-corrected chi connectivity index (χ3v) is 14.8. The summed E-state index contributed by atoms with van der Waals surface area (Å²) in [5, 5.41) is 11.3. The first-order valence-electron chi connectivity index (χ1n) is 27.9. The number of likely N-dealkylation sites (N-methyl/N-ethyl adjacent to an activating group) is 2. The summed E-state index contributed by atoms with van der Waals surface area (Å²) in [4.78, 5) is 116. The van der Waals surface area contributed by atoms with Gasteiger partial charge in [0.1, 0.15) is 25.3 Å². The highest BCUT2D eigenvalue weighted by Crippen LogP contribution is 2.24. The molecule has 0 saturated carbocycles. The molecule has 0 radical (unpaired) electrons. The van der Waals surface area contributed by atoms with E-state index in [1.807, 2.05) is 97.1 Å². The lowest BCUT2D eigenvalue weighted by Crippen LogP contribution is -2.56. The van der Waals surface area contributed by atoms with Gasteiger partial charge < -0.3 is 50.3 Å². The molecule has 4 N–H and O–H groups in total. The molecular weight excluding hydrogens is 1000 g/mol. The van der Waals surface area contributed by atoms with E-state index in [0.29, 0.717) is 95.1 Å². The molecule has 6 amide bonds. The van der Waals surface area contributed by atoms with Crippen molar-refractivity contribution >= 4 is 47.4 Å². The van der Waals surface area contributed by atoms with Gasteiger partial charge in [-0.2, -0.15) is 0 Å². The fourth-order valence-electron chi connectivity index (χ4n) is 9.85. The van der Waals surface area contributed by atoms with Gasteiger partial charge in [0.25, 0.3) is 11.8 Å². The van der Waals surface area contributed by atoms with Crippen LogP contribution in [0.25, 0.3) is 0 Å². The van der Waals surface area contributed by atoms with Gasteiger partial charge >= 0.3 is 11.9 Å². The third kappa shape index (κ3) is 18.9. The number of likely N-dealkylation sites (tertiary alicyclic amines) is 2. The number of carbonyl (C=O) groups is 8. The van der Waals surface area contributed by atoms with E-state index in [9.17, 15) is 38.4 Å². The van der Waals surface area contributed by atoms with Crippen molar-refractivity contribution in [2.45, 2.75) is 121 Å². The second kappa shape index (κ2) is 31.8. The molecule has 0 unspecified atom stereocenters. The van der Waals surface area contributed by atoms with Gasteiger partial charge in [-0.25, -0.2) is 0 Å². The van der Waals surface area contributed by atoms with Crippen molar-refractivity contribution in [1.82, 2.24) is 40.9 Å². The third-order valence-electron chi connectivity index (χ3n) is 14.8. The number of nitrogens with zero attached hydrogens (tertiary/aromatic N) is 4. The van der Waals surface area contributed by atoms with Crippen LogP contribution in [0.4, 0.5) is 0 Å². The van der Waals surface area contributed by atoms with Crippen LogP contribution in [0, 0.1) is 0 Å². The van der Waals surface area contributed by atoms with Crippen molar-refractivity contribution < 1.29 is 47.8 Å². The molecule has 2 aliphatic rings. The number of carbonyl (C=O) groups excluding carboxylic acids is 8. The van der Waals surface area contributed by atoms with E-state index in [-0.39, 0.29) is 49.8 Å². The summed E-state index contributed by atoms with van der Waals surface area (Å²) in [6.45, 7) is 4.78. The van der Waals surface area contributed by atoms with Gasteiger partial charge in [0.2, 0.25) is 23.6 Å². The normalized spacial score (nSPS) is 16.5. The Bertz CT molecular complexity index is 2420. The molecule has 79 heavy (non-hydrogen) atoms. The monoisotopic (exact) mass is 1080 g/mol. The van der Waals surface area contributed by atoms with E-state index in [0.717, 1.165) is 11.1 Å². The zero-order chi connectivity index (χ0) is 56.5. The highest BCUT2D eigenvalue weighted by atomic mass is 16.5. The van der Waals surface area contributed by atoms with E-state index >= 15 is 0 Å². The van der Waals surface area contributed by atoms with Crippen molar-refractivity contribution in [2.75, 3.05) is 66.6 Å². The Kier molecular flexibility index (Phi) is 24.5. The lowest BCUT2D eigenvalue weighted by atomic mass is 10.1. The number of hydrogen-bond acceptors (Lipinski definition) is 12. The summed E-state index contributed by atoms with van der Waals surface area (Å²) in [5.41, 5.74) is 3.25. The van der Waals surface area contributed by atoms with E-state index in [1.165, 1.54) is 0 Å². The minimum atomic E-state index is -1.17. The number of esters is 2. The number of hydrogen-bond donors (Lipinski definition) is 4. The maximum atomic E-state index is 14.4. The smallest absolute Gasteiger partial charge is 0.305 e. The predicted molar refractivity (Wildman–Crippen MR) is 300 cm³/mol. The molecule has 2 fully saturated rings. The van der Waals surface area contributed by atoms with Gasteiger partial charge in [0.05, 0.1) is 12.1 Å². The maximum absolute atomic E-state index is 14.4. The summed E-state index contributed by atoms with van der Waals surface area (Å²) in [6, 6.07) is 33.6. The number of amides is 6. The Morgan fingerprint density at radius 1 is 0.519 bits per heavy atom. The van der Waals surface area contributed by atoms with Gasteiger partial charge in [-0.15, -0.1) is 0 Å². The summed E-state index contributed by atoms with van der Waals surface area (Å²) in [6.07, 6.45) is 5.10. The first-order valence-corrected chi connectivity index (χ1v) is 27.9. The molecule has 18 heteroatoms. The fraction of sp³-hybridized carbons (Fsp3) is 0.475. The van der Waals surface area contributed by atoms with Gasteiger partial charge in [0.15, 0.2) is 0 Å². The molecule has 6 rings (SSSR count). The van der Waals surface area contributed by atoms with Crippen LogP contribution >= 0.6 is 0 Å². The lowest BCUT2D eigenvalue weighted by Gasteiger charge is -2.33. The van der Waals surface area contributed by atoms with Crippen LogP contribution < -0.4 is 21.3 Å². The first kappa shape index (κ1) is 60.8. The molecule has 0 aromatic heterocycles. The highest BCUT2D eigenvalue weighted by Gasteiger charge is 2.39. The topological polar surface area (TPSA) is 216 Å². The molecule has 4 aromatic carbocycles. The van der Waals surface area contributed by atoms with Gasteiger partial charge in [-0.3, -0.25) is 38.4 Å². The van der Waals surface area contributed by atoms with E-state index < -0.39 is 72.9 Å². The van der Waals surface area contributed by atoms with Crippen LogP contribution in [0.2, 0.25) is 0 Å². The molecule has 4 aromatic rings. The zero-order valence-electron chi connectivity index (χ0n) is 46.3. The molecule has 0 bridgehead atoms. The summed E-state index contributed by atoms with van der Waals surface area (Å²) < 4.78 is 11.3. The Labute approximate surface area is 465 Å². The van der Waals surface area contributed by atoms with E-state index in [1.54, 1.807) is 71.8 Å². The number of unbranched alkanes of at least 4 members (excludes halogenated alkanes) is 2. The number of benzene rings is 4. The second-order valence-corrected chi connectivity index (χ2v) is 20.4. The lowest BCUT2D eigenvalue weighted by molar-refractivity contribution is -0.149. The van der Waals surface area contributed by atoms with Crippen LogP contribution in [-0.2, 0) is 51.1 Å². The molecule has 2 heterocycles. The molecule has 0 aliphatic carbocycles. The van der Waals surface area contributed by atoms with Gasteiger partial charge in [0, 0.05) is 75.3 Å². The first-order chi connectivity index (χ1) is 38.3. The molecular formula is C61H80N8O10. The van der Waals surface area contributed by atoms with Crippen molar-refractivity contribution in [3.8, 4) is 0 Å². The Hall–Kier alpha value is -7.44. The van der Waals surface area contributed by atoms with Crippen LogP contribution in [0.5, 0.6) is 0 Å². The second-order valence-electron chi connectivity index (χ2n) is 20.4. The Morgan fingerprint density at radius 2 is 0.873 bits per heavy atom. The van der Waals surface area contributed by atoms with Gasteiger partial charge in [-0.1, -0.05) is 103 Å². The zero-order valence-corrected chi connectivity index (χ0v) is 46.3. The maximum Gasteiger partial charge on any atom is 0.305 e. The highest BCUT2D eigenvalue weighted by molar-refractivity contribution is 5.95. The Morgan fingerprint density at radius 3 is 1.23 bits per heavy atom. The van der Waals surface area contributed by atoms with Crippen LogP contribution in [-0.4, -0.2) is 170 Å². The van der Waals surface area contributed by atoms with Crippen molar-refractivity contribution in [1.29, 1.82) is 0 Å². The minimum absolute atomic E-state index is 0.00891. The average molecular weight is 1090 g/mol. The molecule has 0 spiro atoms. The van der Waals surface area contributed by atoms with Gasteiger partial charge in [-0.05, 0) is 115 Å². The van der Waals surface area contributed by atoms with Crippen LogP contribution in [0.3, 0.4) is 0 Å². The number of ether oxygens (including phenoxy) is 2. The van der Waals surface area contributed by atoms with Crippen molar-refractivity contribution in [3.05, 3.63) is 144 Å². The van der Waals surface area contributed by atoms with E-state index in [2.05, 4.69) is 21.3 Å². The average Bonchev–Trinajstić information content (AvgIpc) is 4.20. The summed E-state index contributed by atoms with van der Waals surface area (Å²) in [5.74, 6) is -3.13. The SMILES string of the molecule is CN[C@@H](C)C(=O)N[C@@H](COC(=O)CCCCCC(=O)OC[C@H](NC(=O)[C@H](C)NC)C(=O)N1CCC[C@H]1CN(CCc1ccccc1)C(=O)c1ccccc1)C(=O)N1CCC[C@H]1CN(CCc1ccccc1)C(=O)c1ccccc1. The predicted octanol–water partition coefficient (Wildman–Crippen LogP) is 4.96. The summed E-state index contributed by atoms with van der Waals surface area (Å²) >= 11 is 0. The molecule has 6 atom stereocenters. The summed E-state index contributed by atoms with van der Waals surface area (Å²) in [7, 11) is 3.25. The van der Waals surface area contributed by atoms with Crippen molar-refractivity contribution in [3.63, 3.8) is 0 Å². The Balaban J connectivity index is 0.998. The number of nitrogens with one attached hydrogen (secondary N) is 4. The standard InChI is InChI=1S/C61H80N8O10/c1-44(62-3)56(72)64-52(60(76)68-36-20-30-50(68)40-66(38-34-46-22-10-5-11-23-46)58(74)48-26-14-7-15-27-48)42-78-54(70)32-18-9-19-33-55(71)79-43-53(65-57(73)45(2)63-4)61(77)69-37-21-31-51(69)41-67(39-35-47-24-12-6-13-25-47)59(75)49-28-16-8-17-29-49/h5-8,10-17,22-29,44-45,50-53,62-63H,9,18-21,30-43H2,1-4H3,(H,64,72)(H,65,73)/t44-,45-,50-,51-,52-,53-/m0/s1. The van der Waals surface area contributed by atoms with Crippen LogP contribution in [0.15, 0.2) is 121 Å². The van der Waals surface area contributed by atoms with Crippen molar-refractivity contribution in [2.24, 2.45) is 0 Å². The minimum Gasteiger partial charge on any atom is -0.463 e. The molecule has 18 nitrogen and oxygen atoms in total. The molecule has 2 aliphatic heterocycles. The van der Waals surface area contributed by atoms with Crippen LogP contribution in [0.1, 0.15) is 103 Å². The quantitative estimate of drug-likeness (QED) is 0.0403. The molecule has 424 valence electrons. The largest absolute Gasteiger partial charge is 0.463 e. The molecule has 2 saturated heterocycles. The van der Waals surface area contributed by atoms with E-state index in [4.69, 9.17) is 9.47 Å².